The predicted octanol–water partition coefficient (Wildman–Crippen LogP) is 4.23. The number of aliphatic hydroxyl groups is 2. The summed E-state index contributed by atoms with van der Waals surface area (Å²) in [4.78, 5) is 2.28. The molecule has 2 aliphatic rings. The van der Waals surface area contributed by atoms with Crippen molar-refractivity contribution >= 4 is 10.8 Å². The Morgan fingerprint density at radius 2 is 1.90 bits per heavy atom. The highest BCUT2D eigenvalue weighted by Gasteiger charge is 2.43. The van der Waals surface area contributed by atoms with Crippen LogP contribution in [-0.2, 0) is 0 Å². The Morgan fingerprint density at radius 1 is 1.10 bits per heavy atom. The lowest BCUT2D eigenvalue weighted by Gasteiger charge is -2.46. The van der Waals surface area contributed by atoms with Crippen LogP contribution in [0.2, 0.25) is 0 Å². The third-order valence-electron chi connectivity index (χ3n) is 6.83. The first-order valence-corrected chi connectivity index (χ1v) is 11.0. The smallest absolute Gasteiger partial charge is 0.133 e. The number of likely N-dealkylation sites (tertiary alicyclic amines) is 1. The fourth-order valence-corrected chi connectivity index (χ4v) is 5.00. The zero-order valence-electron chi connectivity index (χ0n) is 17.8. The molecule has 0 aliphatic carbocycles. The molecule has 1 fully saturated rings. The maximum absolute atomic E-state index is 10.9. The highest BCUT2D eigenvalue weighted by Crippen LogP contribution is 2.47. The van der Waals surface area contributed by atoms with Crippen molar-refractivity contribution in [2.45, 2.75) is 37.1 Å². The Labute approximate surface area is 182 Å². The van der Waals surface area contributed by atoms with Crippen molar-refractivity contribution in [2.75, 3.05) is 26.7 Å². The molecule has 0 bridgehead atoms. The van der Waals surface area contributed by atoms with Gasteiger partial charge in [-0.3, -0.25) is 0 Å². The molecule has 1 spiro atoms. The van der Waals surface area contributed by atoms with Crippen LogP contribution in [0.4, 0.5) is 0 Å². The summed E-state index contributed by atoms with van der Waals surface area (Å²) in [5.41, 5.74) is 1.40. The molecular formula is C26H29NO4. The maximum Gasteiger partial charge on any atom is 0.133 e. The van der Waals surface area contributed by atoms with Crippen LogP contribution in [0, 0.1) is 0 Å². The number of rotatable bonds is 4. The summed E-state index contributed by atoms with van der Waals surface area (Å²) in [7, 11) is 1.63. The molecule has 2 heterocycles. The molecule has 0 saturated carbocycles. The predicted molar refractivity (Wildman–Crippen MR) is 121 cm³/mol. The van der Waals surface area contributed by atoms with Gasteiger partial charge in [0, 0.05) is 37.0 Å². The number of aliphatic hydroxyl groups excluding tert-OH is 2. The van der Waals surface area contributed by atoms with Crippen molar-refractivity contribution in [2.24, 2.45) is 0 Å². The van der Waals surface area contributed by atoms with Crippen molar-refractivity contribution in [1.82, 2.24) is 4.90 Å². The van der Waals surface area contributed by atoms with Crippen LogP contribution in [0.25, 0.3) is 10.8 Å². The van der Waals surface area contributed by atoms with E-state index in [1.807, 2.05) is 42.5 Å². The Morgan fingerprint density at radius 3 is 2.71 bits per heavy atom. The van der Waals surface area contributed by atoms with Crippen LogP contribution in [0.5, 0.6) is 11.5 Å². The Bertz CT molecular complexity index is 1070. The molecule has 0 radical (unpaired) electrons. The molecule has 0 amide bonds. The minimum Gasteiger partial charge on any atom is -0.497 e. The summed E-state index contributed by atoms with van der Waals surface area (Å²) in [5, 5.41) is 23.8. The maximum atomic E-state index is 10.9. The number of nitrogens with zero attached hydrogens (tertiary/aromatic N) is 1. The van der Waals surface area contributed by atoms with Crippen LogP contribution < -0.4 is 9.47 Å². The lowest BCUT2D eigenvalue weighted by atomic mass is 9.81. The SMILES string of the molecule is COc1cccc([C@H](O)CN2CCC3(CC2)C[C@@H](O)c2ccc4ccccc4c2O3)c1. The van der Waals surface area contributed by atoms with Crippen molar-refractivity contribution in [1.29, 1.82) is 0 Å². The number of piperidine rings is 1. The number of fused-ring (bicyclic) bond motifs is 3. The van der Waals surface area contributed by atoms with Gasteiger partial charge in [-0.25, -0.2) is 0 Å². The van der Waals surface area contributed by atoms with Gasteiger partial charge >= 0.3 is 0 Å². The van der Waals surface area contributed by atoms with Gasteiger partial charge in [0.25, 0.3) is 0 Å². The fourth-order valence-electron chi connectivity index (χ4n) is 5.00. The van der Waals surface area contributed by atoms with Crippen molar-refractivity contribution < 1.29 is 19.7 Å². The molecule has 31 heavy (non-hydrogen) atoms. The lowest BCUT2D eigenvalue weighted by Crippen LogP contribution is -2.51. The van der Waals surface area contributed by atoms with Gasteiger partial charge in [-0.2, -0.15) is 0 Å². The van der Waals surface area contributed by atoms with Crippen molar-refractivity contribution in [3.8, 4) is 11.5 Å². The highest BCUT2D eigenvalue weighted by molar-refractivity contribution is 5.90. The molecule has 5 rings (SSSR count). The van der Waals surface area contributed by atoms with E-state index >= 15 is 0 Å². The number of ether oxygens (including phenoxy) is 2. The second-order valence-electron chi connectivity index (χ2n) is 8.80. The Hall–Kier alpha value is -2.60. The zero-order chi connectivity index (χ0) is 21.4. The molecule has 162 valence electrons. The van der Waals surface area contributed by atoms with E-state index in [9.17, 15) is 10.2 Å². The molecule has 0 unspecified atom stereocenters. The Kier molecular flexibility index (Phi) is 5.34. The molecule has 2 N–H and O–H groups in total. The minimum atomic E-state index is -0.563. The normalized spacial score (nSPS) is 21.5. The van der Waals surface area contributed by atoms with E-state index in [0.717, 1.165) is 59.3 Å². The molecule has 2 aliphatic heterocycles. The monoisotopic (exact) mass is 419 g/mol. The van der Waals surface area contributed by atoms with E-state index in [4.69, 9.17) is 9.47 Å². The first kappa shape index (κ1) is 20.3. The molecule has 5 nitrogen and oxygen atoms in total. The largest absolute Gasteiger partial charge is 0.497 e. The van der Waals surface area contributed by atoms with Crippen LogP contribution in [0.3, 0.4) is 0 Å². The number of hydrogen-bond donors (Lipinski definition) is 2. The van der Waals surface area contributed by atoms with Crippen LogP contribution in [0.1, 0.15) is 42.6 Å². The van der Waals surface area contributed by atoms with Gasteiger partial charge in [-0.1, -0.05) is 48.5 Å². The fraction of sp³-hybridized carbons (Fsp3) is 0.385. The summed E-state index contributed by atoms with van der Waals surface area (Å²) in [6.45, 7) is 2.23. The summed E-state index contributed by atoms with van der Waals surface area (Å²) < 4.78 is 11.9. The first-order chi connectivity index (χ1) is 15.1. The van der Waals surface area contributed by atoms with E-state index in [1.165, 1.54) is 0 Å². The molecule has 3 aromatic carbocycles. The van der Waals surface area contributed by atoms with E-state index < -0.39 is 12.2 Å². The quantitative estimate of drug-likeness (QED) is 0.663. The van der Waals surface area contributed by atoms with Gasteiger partial charge in [0.2, 0.25) is 0 Å². The summed E-state index contributed by atoms with van der Waals surface area (Å²) in [6, 6.07) is 19.8. The second-order valence-corrected chi connectivity index (χ2v) is 8.80. The van der Waals surface area contributed by atoms with Gasteiger partial charge in [0.05, 0.1) is 19.3 Å². The number of benzene rings is 3. The van der Waals surface area contributed by atoms with Crippen molar-refractivity contribution in [3.05, 3.63) is 71.8 Å². The van der Waals surface area contributed by atoms with E-state index in [1.54, 1.807) is 7.11 Å². The molecular weight excluding hydrogens is 390 g/mol. The van der Waals surface area contributed by atoms with Gasteiger partial charge in [0.1, 0.15) is 17.1 Å². The number of β-amino-alcohol motifs (C(OH)–C–C–N with tert-alkyl or cyclic N) is 1. The first-order valence-electron chi connectivity index (χ1n) is 11.0. The summed E-state index contributed by atoms with van der Waals surface area (Å²) >= 11 is 0. The minimum absolute atomic E-state index is 0.353. The van der Waals surface area contributed by atoms with Crippen LogP contribution in [0.15, 0.2) is 60.7 Å². The van der Waals surface area contributed by atoms with Gasteiger partial charge in [-0.15, -0.1) is 0 Å². The molecule has 0 aromatic heterocycles. The van der Waals surface area contributed by atoms with E-state index in [-0.39, 0.29) is 5.60 Å². The van der Waals surface area contributed by atoms with Crippen LogP contribution in [-0.4, -0.2) is 47.5 Å². The molecule has 2 atom stereocenters. The van der Waals surface area contributed by atoms with Gasteiger partial charge in [0.15, 0.2) is 0 Å². The van der Waals surface area contributed by atoms with Gasteiger partial charge in [-0.05, 0) is 35.9 Å². The Balaban J connectivity index is 1.29. The summed E-state index contributed by atoms with van der Waals surface area (Å²) in [6.07, 6.45) is 1.20. The second kappa shape index (κ2) is 8.15. The molecule has 5 heteroatoms. The third-order valence-corrected chi connectivity index (χ3v) is 6.83. The van der Waals surface area contributed by atoms with E-state index in [2.05, 4.69) is 23.1 Å². The average Bonchev–Trinajstić information content (AvgIpc) is 2.80. The zero-order valence-corrected chi connectivity index (χ0v) is 17.8. The lowest BCUT2D eigenvalue weighted by molar-refractivity contribution is -0.0577. The van der Waals surface area contributed by atoms with Crippen LogP contribution >= 0.6 is 0 Å². The summed E-state index contributed by atoms with van der Waals surface area (Å²) in [5.74, 6) is 1.59. The molecule has 3 aromatic rings. The highest BCUT2D eigenvalue weighted by atomic mass is 16.5. The van der Waals surface area contributed by atoms with Crippen molar-refractivity contribution in [3.63, 3.8) is 0 Å². The standard InChI is InChI=1S/C26H29NO4/c1-30-20-7-4-6-19(15-20)24(29)17-27-13-11-26(12-14-27)16-23(28)22-10-9-18-5-2-3-8-21(18)25(22)31-26/h2-10,15,23-24,28-29H,11-14,16-17H2,1H3/t23-,24-/m1/s1. The molecule has 1 saturated heterocycles. The number of hydrogen-bond acceptors (Lipinski definition) is 5. The number of methoxy groups -OCH3 is 1. The van der Waals surface area contributed by atoms with E-state index in [0.29, 0.717) is 13.0 Å². The average molecular weight is 420 g/mol. The third kappa shape index (κ3) is 3.89. The topological polar surface area (TPSA) is 62.2 Å². The van der Waals surface area contributed by atoms with Gasteiger partial charge < -0.3 is 24.6 Å².